The fourth-order valence-electron chi connectivity index (χ4n) is 2.23. The lowest BCUT2D eigenvalue weighted by Gasteiger charge is -2.10. The summed E-state index contributed by atoms with van der Waals surface area (Å²) < 4.78 is 2.86. The molecule has 1 fully saturated rings. The summed E-state index contributed by atoms with van der Waals surface area (Å²) in [7, 11) is 0. The molecule has 0 bridgehead atoms. The zero-order valence-electron chi connectivity index (χ0n) is 11.1. The number of nitrogens with zero attached hydrogens (tertiary/aromatic N) is 2. The Morgan fingerprint density at radius 2 is 2.35 bits per heavy atom. The van der Waals surface area contributed by atoms with E-state index < -0.39 is 0 Å². The smallest absolute Gasteiger partial charge is 0.240 e. The Morgan fingerprint density at radius 3 is 3.00 bits per heavy atom. The molecular weight excluding hydrogens is 342 g/mol. The van der Waals surface area contributed by atoms with E-state index >= 15 is 0 Å². The van der Waals surface area contributed by atoms with Gasteiger partial charge in [0.05, 0.1) is 16.4 Å². The topological polar surface area (TPSA) is 46.9 Å². The van der Waals surface area contributed by atoms with Crippen molar-refractivity contribution in [3.8, 4) is 0 Å². The highest BCUT2D eigenvalue weighted by Gasteiger charge is 2.24. The van der Waals surface area contributed by atoms with E-state index in [-0.39, 0.29) is 17.8 Å². The van der Waals surface area contributed by atoms with Crippen LogP contribution in [0.4, 0.5) is 0 Å². The number of carbonyl (C=O) groups is 1. The SMILES string of the molecule is CC(Cl)c1nc2ccc(Br)cc2n1CC(=O)NC1CC1. The first kappa shape index (κ1) is 13.9. The number of carbonyl (C=O) groups excluding carboxylic acids is 1. The summed E-state index contributed by atoms with van der Waals surface area (Å²) in [5, 5.41) is 2.75. The first-order valence-electron chi connectivity index (χ1n) is 6.63. The van der Waals surface area contributed by atoms with E-state index in [4.69, 9.17) is 11.6 Å². The average molecular weight is 357 g/mol. The van der Waals surface area contributed by atoms with Gasteiger partial charge < -0.3 is 9.88 Å². The summed E-state index contributed by atoms with van der Waals surface area (Å²) in [5.74, 6) is 0.746. The predicted molar refractivity (Wildman–Crippen MR) is 82.9 cm³/mol. The van der Waals surface area contributed by atoms with Gasteiger partial charge >= 0.3 is 0 Å². The van der Waals surface area contributed by atoms with Gasteiger partial charge in [-0.1, -0.05) is 15.9 Å². The van der Waals surface area contributed by atoms with Gasteiger partial charge in [0.25, 0.3) is 0 Å². The lowest BCUT2D eigenvalue weighted by molar-refractivity contribution is -0.121. The van der Waals surface area contributed by atoms with Crippen molar-refractivity contribution in [3.05, 3.63) is 28.5 Å². The van der Waals surface area contributed by atoms with Crippen molar-refractivity contribution in [2.75, 3.05) is 0 Å². The lowest BCUT2D eigenvalue weighted by atomic mass is 10.3. The number of rotatable bonds is 4. The number of fused-ring (bicyclic) bond motifs is 1. The number of hydrogen-bond acceptors (Lipinski definition) is 2. The molecule has 4 nitrogen and oxygen atoms in total. The van der Waals surface area contributed by atoms with Crippen LogP contribution in [0.2, 0.25) is 0 Å². The molecule has 2 aromatic rings. The van der Waals surface area contributed by atoms with Gasteiger partial charge in [0, 0.05) is 10.5 Å². The quantitative estimate of drug-likeness (QED) is 0.854. The van der Waals surface area contributed by atoms with Gasteiger partial charge in [-0.2, -0.15) is 0 Å². The minimum absolute atomic E-state index is 0.0188. The molecule has 1 aliphatic carbocycles. The third-order valence-corrected chi connectivity index (χ3v) is 4.03. The number of hydrogen-bond donors (Lipinski definition) is 1. The third kappa shape index (κ3) is 2.83. The fraction of sp³-hybridized carbons (Fsp3) is 0.429. The van der Waals surface area contributed by atoms with Gasteiger partial charge in [0.2, 0.25) is 5.91 Å². The number of benzene rings is 1. The third-order valence-electron chi connectivity index (χ3n) is 3.34. The lowest BCUT2D eigenvalue weighted by Crippen LogP contribution is -2.29. The van der Waals surface area contributed by atoms with E-state index in [2.05, 4.69) is 26.2 Å². The number of nitrogens with one attached hydrogen (secondary N) is 1. The molecule has 0 saturated heterocycles. The Labute approximate surface area is 130 Å². The van der Waals surface area contributed by atoms with Gasteiger partial charge in [-0.25, -0.2) is 4.98 Å². The van der Waals surface area contributed by atoms with Crippen LogP contribution >= 0.6 is 27.5 Å². The Balaban J connectivity index is 1.98. The van der Waals surface area contributed by atoms with Crippen LogP contribution in [0.3, 0.4) is 0 Å². The zero-order chi connectivity index (χ0) is 14.3. The van der Waals surface area contributed by atoms with Gasteiger partial charge in [-0.3, -0.25) is 4.79 Å². The maximum absolute atomic E-state index is 12.0. The number of imidazole rings is 1. The second-order valence-electron chi connectivity index (χ2n) is 5.15. The average Bonchev–Trinajstić information content (AvgIpc) is 3.11. The van der Waals surface area contributed by atoms with E-state index in [1.165, 1.54) is 0 Å². The first-order chi connectivity index (χ1) is 9.54. The minimum Gasteiger partial charge on any atom is -0.352 e. The number of amides is 1. The van der Waals surface area contributed by atoms with Crippen molar-refractivity contribution >= 4 is 44.5 Å². The van der Waals surface area contributed by atoms with E-state index in [0.717, 1.165) is 34.2 Å². The van der Waals surface area contributed by atoms with Crippen molar-refractivity contribution in [3.63, 3.8) is 0 Å². The summed E-state index contributed by atoms with van der Waals surface area (Å²) in [4.78, 5) is 16.6. The number of aromatic nitrogens is 2. The van der Waals surface area contributed by atoms with Crippen LogP contribution < -0.4 is 5.32 Å². The summed E-state index contributed by atoms with van der Waals surface area (Å²) in [6.45, 7) is 2.13. The van der Waals surface area contributed by atoms with E-state index in [1.807, 2.05) is 29.7 Å². The molecule has 1 atom stereocenters. The van der Waals surface area contributed by atoms with E-state index in [1.54, 1.807) is 0 Å². The van der Waals surface area contributed by atoms with Crippen molar-refractivity contribution in [2.45, 2.75) is 37.7 Å². The highest BCUT2D eigenvalue weighted by atomic mass is 79.9. The molecule has 1 aliphatic rings. The maximum Gasteiger partial charge on any atom is 0.240 e. The van der Waals surface area contributed by atoms with Gasteiger partial charge in [0.15, 0.2) is 0 Å². The standard InChI is InChI=1S/C14H15BrClN3O/c1-8(16)14-18-11-5-2-9(15)6-12(11)19(14)7-13(20)17-10-3-4-10/h2,5-6,8,10H,3-4,7H2,1H3,(H,17,20). The fourth-order valence-corrected chi connectivity index (χ4v) is 2.74. The summed E-state index contributed by atoms with van der Waals surface area (Å²) in [6, 6.07) is 6.19. The minimum atomic E-state index is -0.241. The van der Waals surface area contributed by atoms with Crippen LogP contribution in [0.15, 0.2) is 22.7 Å². The van der Waals surface area contributed by atoms with Crippen LogP contribution in [0, 0.1) is 0 Å². The van der Waals surface area contributed by atoms with Crippen LogP contribution in [-0.4, -0.2) is 21.5 Å². The molecule has 1 aromatic carbocycles. The molecule has 1 amide bonds. The molecule has 1 aromatic heterocycles. The normalized spacial score (nSPS) is 16.4. The van der Waals surface area contributed by atoms with Crippen molar-refractivity contribution in [1.29, 1.82) is 0 Å². The molecule has 0 aliphatic heterocycles. The second kappa shape index (κ2) is 5.37. The molecule has 3 rings (SSSR count). The highest BCUT2D eigenvalue weighted by molar-refractivity contribution is 9.10. The molecule has 1 saturated carbocycles. The van der Waals surface area contributed by atoms with Gasteiger partial charge in [-0.05, 0) is 38.0 Å². The Hall–Kier alpha value is -1.07. The van der Waals surface area contributed by atoms with E-state index in [0.29, 0.717) is 6.04 Å². The largest absolute Gasteiger partial charge is 0.352 e. The Bertz CT molecular complexity index is 664. The van der Waals surface area contributed by atoms with Crippen LogP contribution in [0.1, 0.15) is 31.0 Å². The molecule has 1 unspecified atom stereocenters. The summed E-state index contributed by atoms with van der Waals surface area (Å²) in [5.41, 5.74) is 1.78. The van der Waals surface area contributed by atoms with Gasteiger partial charge in [-0.15, -0.1) is 11.6 Å². The number of halogens is 2. The van der Waals surface area contributed by atoms with Crippen molar-refractivity contribution in [2.24, 2.45) is 0 Å². The molecule has 106 valence electrons. The summed E-state index contributed by atoms with van der Waals surface area (Å²) in [6.07, 6.45) is 2.17. The predicted octanol–water partition coefficient (Wildman–Crippen LogP) is 3.38. The molecular formula is C14H15BrClN3O. The molecule has 0 radical (unpaired) electrons. The van der Waals surface area contributed by atoms with Crippen molar-refractivity contribution in [1.82, 2.24) is 14.9 Å². The molecule has 0 spiro atoms. The second-order valence-corrected chi connectivity index (χ2v) is 6.72. The van der Waals surface area contributed by atoms with Crippen LogP contribution in [0.5, 0.6) is 0 Å². The highest BCUT2D eigenvalue weighted by Crippen LogP contribution is 2.27. The number of alkyl halides is 1. The Kier molecular flexibility index (Phi) is 3.73. The zero-order valence-corrected chi connectivity index (χ0v) is 13.4. The Morgan fingerprint density at radius 1 is 1.60 bits per heavy atom. The van der Waals surface area contributed by atoms with Crippen LogP contribution in [-0.2, 0) is 11.3 Å². The molecule has 20 heavy (non-hydrogen) atoms. The van der Waals surface area contributed by atoms with Gasteiger partial charge in [0.1, 0.15) is 12.4 Å². The van der Waals surface area contributed by atoms with Crippen LogP contribution in [0.25, 0.3) is 11.0 Å². The first-order valence-corrected chi connectivity index (χ1v) is 7.86. The monoisotopic (exact) mass is 355 g/mol. The summed E-state index contributed by atoms with van der Waals surface area (Å²) >= 11 is 9.65. The molecule has 1 heterocycles. The molecule has 1 N–H and O–H groups in total. The molecule has 6 heteroatoms. The maximum atomic E-state index is 12.0. The van der Waals surface area contributed by atoms with Crippen molar-refractivity contribution < 1.29 is 4.79 Å². The van der Waals surface area contributed by atoms with E-state index in [9.17, 15) is 4.79 Å².